The van der Waals surface area contributed by atoms with Crippen LogP contribution in [0, 0.1) is 0 Å². The fourth-order valence-corrected chi connectivity index (χ4v) is 1.90. The SMILES string of the molecule is c1cnc(CCN2CCCCC2)nc1. The summed E-state index contributed by atoms with van der Waals surface area (Å²) in [6, 6.07) is 1.87. The number of rotatable bonds is 3. The molecule has 0 saturated carbocycles. The summed E-state index contributed by atoms with van der Waals surface area (Å²) in [6.45, 7) is 3.63. The molecule has 0 amide bonds. The summed E-state index contributed by atoms with van der Waals surface area (Å²) in [6.07, 6.45) is 8.74. The van der Waals surface area contributed by atoms with Crippen molar-refractivity contribution in [2.24, 2.45) is 0 Å². The molecular weight excluding hydrogens is 174 g/mol. The molecule has 1 aromatic rings. The molecule has 0 aliphatic carbocycles. The molecule has 14 heavy (non-hydrogen) atoms. The second kappa shape index (κ2) is 5.05. The lowest BCUT2D eigenvalue weighted by Crippen LogP contribution is -2.31. The topological polar surface area (TPSA) is 29.0 Å². The van der Waals surface area contributed by atoms with Gasteiger partial charge in [-0.3, -0.25) is 0 Å². The highest BCUT2D eigenvalue weighted by Gasteiger charge is 2.09. The molecule has 0 aromatic carbocycles. The van der Waals surface area contributed by atoms with Crippen LogP contribution in [0.5, 0.6) is 0 Å². The zero-order valence-electron chi connectivity index (χ0n) is 8.52. The molecule has 3 nitrogen and oxygen atoms in total. The molecule has 1 aromatic heterocycles. The first-order chi connectivity index (χ1) is 6.95. The standard InChI is InChI=1S/C11H17N3/c1-2-8-14(9-3-1)10-5-11-12-6-4-7-13-11/h4,6-7H,1-3,5,8-10H2. The van der Waals surface area contributed by atoms with Gasteiger partial charge in [0.15, 0.2) is 0 Å². The van der Waals surface area contributed by atoms with Gasteiger partial charge in [0.2, 0.25) is 0 Å². The van der Waals surface area contributed by atoms with E-state index in [4.69, 9.17) is 0 Å². The highest BCUT2D eigenvalue weighted by molar-refractivity contribution is 4.89. The Morgan fingerprint density at radius 1 is 1.07 bits per heavy atom. The molecule has 0 bridgehead atoms. The summed E-state index contributed by atoms with van der Waals surface area (Å²) < 4.78 is 0. The van der Waals surface area contributed by atoms with Crippen LogP contribution in [0.4, 0.5) is 0 Å². The van der Waals surface area contributed by atoms with Gasteiger partial charge >= 0.3 is 0 Å². The van der Waals surface area contributed by atoms with Crippen LogP contribution in [-0.2, 0) is 6.42 Å². The van der Waals surface area contributed by atoms with Crippen molar-refractivity contribution in [3.05, 3.63) is 24.3 Å². The third-order valence-electron chi connectivity index (χ3n) is 2.72. The quantitative estimate of drug-likeness (QED) is 0.725. The summed E-state index contributed by atoms with van der Waals surface area (Å²) in [7, 11) is 0. The van der Waals surface area contributed by atoms with Crippen LogP contribution in [-0.4, -0.2) is 34.5 Å². The van der Waals surface area contributed by atoms with Crippen molar-refractivity contribution in [3.63, 3.8) is 0 Å². The van der Waals surface area contributed by atoms with Crippen molar-refractivity contribution in [1.29, 1.82) is 0 Å². The molecule has 1 saturated heterocycles. The van der Waals surface area contributed by atoms with Crippen LogP contribution in [0.25, 0.3) is 0 Å². The van der Waals surface area contributed by atoms with Gasteiger partial charge < -0.3 is 4.90 Å². The molecule has 0 spiro atoms. The van der Waals surface area contributed by atoms with Gasteiger partial charge in [-0.05, 0) is 32.0 Å². The smallest absolute Gasteiger partial charge is 0.129 e. The molecule has 1 aliphatic heterocycles. The molecule has 0 unspecified atom stereocenters. The van der Waals surface area contributed by atoms with Crippen LogP contribution in [0.1, 0.15) is 25.1 Å². The number of likely N-dealkylation sites (tertiary alicyclic amines) is 1. The first kappa shape index (κ1) is 9.59. The largest absolute Gasteiger partial charge is 0.303 e. The van der Waals surface area contributed by atoms with Crippen LogP contribution in [0.15, 0.2) is 18.5 Å². The average Bonchev–Trinajstić information content (AvgIpc) is 2.29. The molecular formula is C11H17N3. The lowest BCUT2D eigenvalue weighted by Gasteiger charge is -2.25. The lowest BCUT2D eigenvalue weighted by atomic mass is 10.1. The van der Waals surface area contributed by atoms with Crippen molar-refractivity contribution < 1.29 is 0 Å². The molecule has 2 heterocycles. The van der Waals surface area contributed by atoms with Gasteiger partial charge in [-0.1, -0.05) is 6.42 Å². The van der Waals surface area contributed by atoms with E-state index in [-0.39, 0.29) is 0 Å². The maximum Gasteiger partial charge on any atom is 0.129 e. The first-order valence-electron chi connectivity index (χ1n) is 5.43. The highest BCUT2D eigenvalue weighted by atomic mass is 15.1. The minimum atomic E-state index is 0.970. The first-order valence-corrected chi connectivity index (χ1v) is 5.43. The van der Waals surface area contributed by atoms with Crippen molar-refractivity contribution in [2.45, 2.75) is 25.7 Å². The van der Waals surface area contributed by atoms with Crippen LogP contribution in [0.2, 0.25) is 0 Å². The van der Waals surface area contributed by atoms with Crippen LogP contribution < -0.4 is 0 Å². The Kier molecular flexibility index (Phi) is 3.46. The molecule has 0 N–H and O–H groups in total. The van der Waals surface area contributed by atoms with E-state index in [0.29, 0.717) is 0 Å². The van der Waals surface area contributed by atoms with E-state index < -0.39 is 0 Å². The van der Waals surface area contributed by atoms with E-state index in [1.807, 2.05) is 18.5 Å². The van der Waals surface area contributed by atoms with E-state index in [2.05, 4.69) is 14.9 Å². The Bertz CT molecular complexity index is 254. The van der Waals surface area contributed by atoms with Gasteiger partial charge in [-0.15, -0.1) is 0 Å². The maximum absolute atomic E-state index is 4.23. The molecule has 0 atom stereocenters. The molecule has 1 aliphatic rings. The monoisotopic (exact) mass is 191 g/mol. The minimum absolute atomic E-state index is 0.970. The molecule has 1 fully saturated rings. The third kappa shape index (κ3) is 2.77. The fraction of sp³-hybridized carbons (Fsp3) is 0.636. The predicted octanol–water partition coefficient (Wildman–Crippen LogP) is 1.50. The molecule has 76 valence electrons. The number of piperidine rings is 1. The number of nitrogens with zero attached hydrogens (tertiary/aromatic N) is 3. The number of aromatic nitrogens is 2. The Hall–Kier alpha value is -0.960. The van der Waals surface area contributed by atoms with E-state index in [1.165, 1.54) is 32.4 Å². The normalized spacial score (nSPS) is 18.3. The Balaban J connectivity index is 1.76. The van der Waals surface area contributed by atoms with Gasteiger partial charge in [-0.25, -0.2) is 9.97 Å². The van der Waals surface area contributed by atoms with Crippen LogP contribution >= 0.6 is 0 Å². The summed E-state index contributed by atoms with van der Waals surface area (Å²) >= 11 is 0. The minimum Gasteiger partial charge on any atom is -0.303 e. The molecule has 3 heteroatoms. The van der Waals surface area contributed by atoms with Crippen LogP contribution in [0.3, 0.4) is 0 Å². The van der Waals surface area contributed by atoms with Gasteiger partial charge in [0.1, 0.15) is 5.82 Å². The third-order valence-corrected chi connectivity index (χ3v) is 2.72. The van der Waals surface area contributed by atoms with E-state index in [9.17, 15) is 0 Å². The second-order valence-corrected chi connectivity index (χ2v) is 3.82. The van der Waals surface area contributed by atoms with Crippen molar-refractivity contribution in [2.75, 3.05) is 19.6 Å². The second-order valence-electron chi connectivity index (χ2n) is 3.82. The number of hydrogen-bond donors (Lipinski definition) is 0. The fourth-order valence-electron chi connectivity index (χ4n) is 1.90. The van der Waals surface area contributed by atoms with Crippen molar-refractivity contribution in [3.8, 4) is 0 Å². The summed E-state index contributed by atoms with van der Waals surface area (Å²) in [4.78, 5) is 11.0. The Morgan fingerprint density at radius 2 is 1.79 bits per heavy atom. The average molecular weight is 191 g/mol. The van der Waals surface area contributed by atoms with Gasteiger partial charge in [-0.2, -0.15) is 0 Å². The molecule has 0 radical (unpaired) electrons. The predicted molar refractivity (Wildman–Crippen MR) is 56.0 cm³/mol. The maximum atomic E-state index is 4.23. The summed E-state index contributed by atoms with van der Waals surface area (Å²) in [5, 5.41) is 0. The zero-order valence-corrected chi connectivity index (χ0v) is 8.52. The molecule has 2 rings (SSSR count). The van der Waals surface area contributed by atoms with Gasteiger partial charge in [0, 0.05) is 25.4 Å². The number of hydrogen-bond acceptors (Lipinski definition) is 3. The van der Waals surface area contributed by atoms with Crippen molar-refractivity contribution in [1.82, 2.24) is 14.9 Å². The van der Waals surface area contributed by atoms with Crippen molar-refractivity contribution >= 4 is 0 Å². The van der Waals surface area contributed by atoms with Gasteiger partial charge in [0.25, 0.3) is 0 Å². The summed E-state index contributed by atoms with van der Waals surface area (Å²) in [5.41, 5.74) is 0. The zero-order chi connectivity index (χ0) is 9.64. The lowest BCUT2D eigenvalue weighted by molar-refractivity contribution is 0.230. The van der Waals surface area contributed by atoms with Gasteiger partial charge in [0.05, 0.1) is 0 Å². The van der Waals surface area contributed by atoms with E-state index in [0.717, 1.165) is 18.8 Å². The van der Waals surface area contributed by atoms with E-state index in [1.54, 1.807) is 0 Å². The Morgan fingerprint density at radius 3 is 2.50 bits per heavy atom. The van der Waals surface area contributed by atoms with E-state index >= 15 is 0 Å². The Labute approximate surface area is 85.2 Å². The highest BCUT2D eigenvalue weighted by Crippen LogP contribution is 2.08. The summed E-state index contributed by atoms with van der Waals surface area (Å²) in [5.74, 6) is 0.970.